The summed E-state index contributed by atoms with van der Waals surface area (Å²) in [6, 6.07) is 3.33. The zero-order valence-electron chi connectivity index (χ0n) is 13.6. The lowest BCUT2D eigenvalue weighted by atomic mass is 10.1. The third-order valence-electron chi connectivity index (χ3n) is 3.71. The van der Waals surface area contributed by atoms with Gasteiger partial charge in [0.05, 0.1) is 11.1 Å². The molecule has 0 unspecified atom stereocenters. The van der Waals surface area contributed by atoms with Gasteiger partial charge in [-0.1, -0.05) is 0 Å². The second-order valence-corrected chi connectivity index (χ2v) is 5.71. The molecule has 4 nitrogen and oxygen atoms in total. The van der Waals surface area contributed by atoms with Crippen molar-refractivity contribution in [2.45, 2.75) is 37.5 Å². The van der Waals surface area contributed by atoms with Gasteiger partial charge in [0.1, 0.15) is 0 Å². The minimum Gasteiger partial charge on any atom is -0.339 e. The Morgan fingerprint density at radius 1 is 0.773 bits per heavy atom. The fourth-order valence-corrected chi connectivity index (χ4v) is 2.87. The Morgan fingerprint density at radius 2 is 1.05 bits per heavy atom. The molecule has 0 atom stereocenters. The third kappa shape index (κ3) is 3.79. The lowest BCUT2D eigenvalue weighted by Gasteiger charge is -2.22. The van der Waals surface area contributed by atoms with Gasteiger partial charge in [-0.2, -0.15) is 0 Å². The molecule has 0 saturated heterocycles. The van der Waals surface area contributed by atoms with Crippen molar-refractivity contribution in [3.8, 4) is 0 Å². The molecule has 2 amide bonds. The number of thiol groups is 2. The largest absolute Gasteiger partial charge is 0.339 e. The lowest BCUT2D eigenvalue weighted by Crippen LogP contribution is -2.32. The molecule has 0 N–H and O–H groups in total. The summed E-state index contributed by atoms with van der Waals surface area (Å²) in [7, 11) is 0. The summed E-state index contributed by atoms with van der Waals surface area (Å²) in [5, 5.41) is 0. The van der Waals surface area contributed by atoms with Crippen LogP contribution in [0, 0.1) is 0 Å². The topological polar surface area (TPSA) is 40.6 Å². The zero-order valence-corrected chi connectivity index (χ0v) is 15.4. The van der Waals surface area contributed by atoms with Crippen molar-refractivity contribution in [3.63, 3.8) is 0 Å². The van der Waals surface area contributed by atoms with E-state index < -0.39 is 0 Å². The van der Waals surface area contributed by atoms with Crippen LogP contribution in [-0.4, -0.2) is 47.8 Å². The van der Waals surface area contributed by atoms with Gasteiger partial charge in [-0.25, -0.2) is 0 Å². The van der Waals surface area contributed by atoms with Gasteiger partial charge in [0, 0.05) is 36.0 Å². The molecule has 1 rings (SSSR count). The maximum Gasteiger partial charge on any atom is 0.255 e. The van der Waals surface area contributed by atoms with Crippen LogP contribution in [0.5, 0.6) is 0 Å². The number of carbonyl (C=O) groups excluding carboxylic acids is 2. The molecular weight excluding hydrogens is 316 g/mol. The van der Waals surface area contributed by atoms with E-state index in [1.807, 2.05) is 27.7 Å². The van der Waals surface area contributed by atoms with E-state index in [9.17, 15) is 9.59 Å². The maximum absolute atomic E-state index is 12.5. The van der Waals surface area contributed by atoms with Crippen molar-refractivity contribution in [1.29, 1.82) is 0 Å². The highest BCUT2D eigenvalue weighted by molar-refractivity contribution is 7.83. The standard InChI is InChI=1S/C16H24N2O2S2/c1-5-17(6-2)15(19)11-9-10-12(14(22)13(11)21)16(20)18(7-3)8-4/h9-10,21-22H,5-8H2,1-4H3. The van der Waals surface area contributed by atoms with Crippen molar-refractivity contribution < 1.29 is 9.59 Å². The van der Waals surface area contributed by atoms with Crippen LogP contribution >= 0.6 is 25.3 Å². The van der Waals surface area contributed by atoms with Gasteiger partial charge in [0.25, 0.3) is 11.8 Å². The minimum absolute atomic E-state index is 0.0906. The normalized spacial score (nSPS) is 10.5. The molecule has 0 bridgehead atoms. The molecule has 1 aromatic rings. The zero-order chi connectivity index (χ0) is 16.9. The van der Waals surface area contributed by atoms with Crippen LogP contribution in [0.1, 0.15) is 48.4 Å². The van der Waals surface area contributed by atoms with E-state index in [0.29, 0.717) is 47.1 Å². The lowest BCUT2D eigenvalue weighted by molar-refractivity contribution is 0.0754. The van der Waals surface area contributed by atoms with Crippen molar-refractivity contribution >= 4 is 37.1 Å². The monoisotopic (exact) mass is 340 g/mol. The van der Waals surface area contributed by atoms with E-state index in [-0.39, 0.29) is 11.8 Å². The van der Waals surface area contributed by atoms with E-state index in [2.05, 4.69) is 25.3 Å². The minimum atomic E-state index is -0.0906. The molecule has 0 aliphatic rings. The Labute approximate surface area is 143 Å². The first-order chi connectivity index (χ1) is 10.4. The number of benzene rings is 1. The molecule has 0 fully saturated rings. The van der Waals surface area contributed by atoms with Gasteiger partial charge in [-0.15, -0.1) is 25.3 Å². The Morgan fingerprint density at radius 3 is 1.27 bits per heavy atom. The molecule has 122 valence electrons. The molecule has 0 spiro atoms. The molecule has 22 heavy (non-hydrogen) atoms. The summed E-state index contributed by atoms with van der Waals surface area (Å²) in [6.45, 7) is 10.2. The number of nitrogens with zero attached hydrogens (tertiary/aromatic N) is 2. The van der Waals surface area contributed by atoms with E-state index in [1.54, 1.807) is 21.9 Å². The quantitative estimate of drug-likeness (QED) is 0.781. The van der Waals surface area contributed by atoms with Gasteiger partial charge in [-0.3, -0.25) is 9.59 Å². The predicted molar refractivity (Wildman–Crippen MR) is 95.4 cm³/mol. The van der Waals surface area contributed by atoms with Gasteiger partial charge < -0.3 is 9.80 Å². The summed E-state index contributed by atoms with van der Waals surface area (Å²) >= 11 is 8.84. The predicted octanol–water partition coefficient (Wildman–Crippen LogP) is 3.23. The SMILES string of the molecule is CCN(CC)C(=O)c1ccc(C(=O)N(CC)CC)c(S)c1S. The average molecular weight is 341 g/mol. The molecule has 0 saturated carbocycles. The van der Waals surface area contributed by atoms with Crippen LogP contribution in [0.2, 0.25) is 0 Å². The molecule has 1 aromatic carbocycles. The maximum atomic E-state index is 12.5. The van der Waals surface area contributed by atoms with Crippen LogP contribution in [0.25, 0.3) is 0 Å². The average Bonchev–Trinajstić information content (AvgIpc) is 2.52. The summed E-state index contributed by atoms with van der Waals surface area (Å²) < 4.78 is 0. The van der Waals surface area contributed by atoms with Crippen LogP contribution in [-0.2, 0) is 0 Å². The number of carbonyl (C=O) groups is 2. The second kappa shape index (κ2) is 8.48. The van der Waals surface area contributed by atoms with Crippen molar-refractivity contribution in [2.24, 2.45) is 0 Å². The number of hydrogen-bond donors (Lipinski definition) is 2. The molecule has 0 heterocycles. The van der Waals surface area contributed by atoms with Crippen molar-refractivity contribution in [2.75, 3.05) is 26.2 Å². The summed E-state index contributed by atoms with van der Waals surface area (Å²) in [5.74, 6) is -0.181. The second-order valence-electron chi connectivity index (χ2n) is 4.81. The fraction of sp³-hybridized carbons (Fsp3) is 0.500. The highest BCUT2D eigenvalue weighted by Gasteiger charge is 2.22. The van der Waals surface area contributed by atoms with Gasteiger partial charge >= 0.3 is 0 Å². The number of amides is 2. The first kappa shape index (κ1) is 18.9. The summed E-state index contributed by atoms with van der Waals surface area (Å²) in [5.41, 5.74) is 0.960. The Balaban J connectivity index is 3.23. The van der Waals surface area contributed by atoms with E-state index >= 15 is 0 Å². The first-order valence-electron chi connectivity index (χ1n) is 7.56. The molecule has 0 aliphatic carbocycles. The van der Waals surface area contributed by atoms with Gasteiger partial charge in [0.15, 0.2) is 0 Å². The molecule has 0 radical (unpaired) electrons. The first-order valence-corrected chi connectivity index (χ1v) is 8.45. The van der Waals surface area contributed by atoms with Gasteiger partial charge in [-0.05, 0) is 39.8 Å². The summed E-state index contributed by atoms with van der Waals surface area (Å²) in [6.07, 6.45) is 0. The number of hydrogen-bond acceptors (Lipinski definition) is 4. The highest BCUT2D eigenvalue weighted by Crippen LogP contribution is 2.28. The van der Waals surface area contributed by atoms with Crippen LogP contribution < -0.4 is 0 Å². The smallest absolute Gasteiger partial charge is 0.255 e. The van der Waals surface area contributed by atoms with E-state index in [4.69, 9.17) is 0 Å². The Kier molecular flexibility index (Phi) is 7.29. The fourth-order valence-electron chi connectivity index (χ4n) is 2.29. The third-order valence-corrected chi connectivity index (χ3v) is 4.82. The summed E-state index contributed by atoms with van der Waals surface area (Å²) in [4.78, 5) is 29.3. The van der Waals surface area contributed by atoms with Gasteiger partial charge in [0.2, 0.25) is 0 Å². The van der Waals surface area contributed by atoms with Crippen LogP contribution in [0.15, 0.2) is 21.9 Å². The molecule has 0 aromatic heterocycles. The van der Waals surface area contributed by atoms with E-state index in [1.165, 1.54) is 0 Å². The van der Waals surface area contributed by atoms with Crippen LogP contribution in [0.3, 0.4) is 0 Å². The molecule has 0 aliphatic heterocycles. The molecule has 6 heteroatoms. The van der Waals surface area contributed by atoms with Crippen LogP contribution in [0.4, 0.5) is 0 Å². The highest BCUT2D eigenvalue weighted by atomic mass is 32.1. The number of rotatable bonds is 6. The van der Waals surface area contributed by atoms with E-state index in [0.717, 1.165) is 0 Å². The van der Waals surface area contributed by atoms with Crippen molar-refractivity contribution in [3.05, 3.63) is 23.3 Å². The van der Waals surface area contributed by atoms with Crippen molar-refractivity contribution in [1.82, 2.24) is 9.80 Å². The molecular formula is C16H24N2O2S2. The Bertz CT molecular complexity index is 504. The Hall–Kier alpha value is -1.14.